The highest BCUT2D eigenvalue weighted by Crippen LogP contribution is 2.34. The zero-order valence-corrected chi connectivity index (χ0v) is 16.4. The minimum Gasteiger partial charge on any atom is -0.355 e. The van der Waals surface area contributed by atoms with Gasteiger partial charge in [0.25, 0.3) is 0 Å². The second-order valence-corrected chi connectivity index (χ2v) is 6.16. The summed E-state index contributed by atoms with van der Waals surface area (Å²) in [7, 11) is 6.15. The molecule has 1 aliphatic carbocycles. The number of nitrogens with one attached hydrogen (secondary N) is 2. The van der Waals surface area contributed by atoms with Crippen molar-refractivity contribution < 1.29 is 0 Å². The fourth-order valence-electron chi connectivity index (χ4n) is 2.57. The molecule has 0 aromatic heterocycles. The van der Waals surface area contributed by atoms with Crippen molar-refractivity contribution in [3.05, 3.63) is 35.4 Å². The van der Waals surface area contributed by atoms with Gasteiger partial charge in [-0.3, -0.25) is 4.99 Å². The molecule has 0 aliphatic heterocycles. The van der Waals surface area contributed by atoms with Gasteiger partial charge in [0.15, 0.2) is 5.96 Å². The molecule has 1 atom stereocenters. The Morgan fingerprint density at radius 2 is 1.86 bits per heavy atom. The molecule has 1 aromatic carbocycles. The first kappa shape index (κ1) is 19.2. The number of aryl methyl sites for hydroxylation is 1. The van der Waals surface area contributed by atoms with Crippen LogP contribution in [-0.4, -0.2) is 44.6 Å². The number of benzene rings is 1. The molecule has 0 bridgehead atoms. The fourth-order valence-corrected chi connectivity index (χ4v) is 2.57. The van der Waals surface area contributed by atoms with Gasteiger partial charge < -0.3 is 15.5 Å². The summed E-state index contributed by atoms with van der Waals surface area (Å²) in [5.41, 5.74) is 2.56. The van der Waals surface area contributed by atoms with Crippen molar-refractivity contribution in [2.75, 3.05) is 27.7 Å². The summed E-state index contributed by atoms with van der Waals surface area (Å²) in [4.78, 5) is 6.62. The van der Waals surface area contributed by atoms with Crippen molar-refractivity contribution in [2.24, 2.45) is 10.9 Å². The standard InChI is InChI=1S/C17H28N4.HI/c1-13-5-7-14(8-6-13)11-19-17(18-2)20-12-16(21(3)4)15-9-10-15;/h5-8,15-16H,9-12H2,1-4H3,(H2,18,19,20);1H. The summed E-state index contributed by atoms with van der Waals surface area (Å²) < 4.78 is 0. The quantitative estimate of drug-likeness (QED) is 0.426. The highest BCUT2D eigenvalue weighted by Gasteiger charge is 2.32. The summed E-state index contributed by atoms with van der Waals surface area (Å²) in [6.45, 7) is 3.86. The number of halogens is 1. The normalized spacial score (nSPS) is 16.1. The van der Waals surface area contributed by atoms with E-state index in [1.807, 2.05) is 7.05 Å². The molecule has 4 nitrogen and oxygen atoms in total. The third-order valence-corrected chi connectivity index (χ3v) is 4.11. The summed E-state index contributed by atoms with van der Waals surface area (Å²) in [6.07, 6.45) is 2.72. The summed E-state index contributed by atoms with van der Waals surface area (Å²) in [5, 5.41) is 6.83. The van der Waals surface area contributed by atoms with Crippen LogP contribution in [0.25, 0.3) is 0 Å². The van der Waals surface area contributed by atoms with E-state index in [1.165, 1.54) is 24.0 Å². The van der Waals surface area contributed by atoms with Gasteiger partial charge in [-0.1, -0.05) is 29.8 Å². The lowest BCUT2D eigenvalue weighted by molar-refractivity contribution is 0.264. The molecule has 22 heavy (non-hydrogen) atoms. The molecule has 0 saturated heterocycles. The molecule has 1 aliphatic rings. The molecule has 0 radical (unpaired) electrons. The smallest absolute Gasteiger partial charge is 0.191 e. The van der Waals surface area contributed by atoms with Gasteiger partial charge in [-0.2, -0.15) is 0 Å². The van der Waals surface area contributed by atoms with E-state index in [-0.39, 0.29) is 24.0 Å². The number of aliphatic imine (C=N–C) groups is 1. The van der Waals surface area contributed by atoms with Gasteiger partial charge in [0, 0.05) is 26.2 Å². The second-order valence-electron chi connectivity index (χ2n) is 6.16. The lowest BCUT2D eigenvalue weighted by Gasteiger charge is -2.25. The molecule has 2 rings (SSSR count). The molecule has 0 spiro atoms. The average molecular weight is 416 g/mol. The summed E-state index contributed by atoms with van der Waals surface area (Å²) >= 11 is 0. The van der Waals surface area contributed by atoms with Gasteiger partial charge in [0.2, 0.25) is 0 Å². The van der Waals surface area contributed by atoms with Gasteiger partial charge in [-0.15, -0.1) is 24.0 Å². The lowest BCUT2D eigenvalue weighted by atomic mass is 10.1. The maximum Gasteiger partial charge on any atom is 0.191 e. The van der Waals surface area contributed by atoms with Gasteiger partial charge in [0.05, 0.1) is 0 Å². The van der Waals surface area contributed by atoms with Gasteiger partial charge >= 0.3 is 0 Å². The Morgan fingerprint density at radius 1 is 1.23 bits per heavy atom. The largest absolute Gasteiger partial charge is 0.355 e. The Balaban J connectivity index is 0.00000242. The Bertz CT molecular complexity index is 464. The molecule has 1 aromatic rings. The maximum atomic E-state index is 4.31. The molecule has 0 amide bonds. The third kappa shape index (κ3) is 6.12. The van der Waals surface area contributed by atoms with Crippen molar-refractivity contribution in [1.82, 2.24) is 15.5 Å². The van der Waals surface area contributed by atoms with Crippen LogP contribution in [0.5, 0.6) is 0 Å². The molecule has 5 heteroatoms. The van der Waals surface area contributed by atoms with Gasteiger partial charge in [-0.05, 0) is 45.3 Å². The SMILES string of the molecule is CN=C(NCc1ccc(C)cc1)NCC(C1CC1)N(C)C.I. The number of rotatable bonds is 6. The van der Waals surface area contributed by atoms with Crippen molar-refractivity contribution in [1.29, 1.82) is 0 Å². The van der Waals surface area contributed by atoms with E-state index in [1.54, 1.807) is 0 Å². The first-order chi connectivity index (χ1) is 10.1. The number of nitrogens with zero attached hydrogens (tertiary/aromatic N) is 2. The van der Waals surface area contributed by atoms with Crippen molar-refractivity contribution in [2.45, 2.75) is 32.4 Å². The number of hydrogen-bond acceptors (Lipinski definition) is 2. The zero-order valence-electron chi connectivity index (χ0n) is 14.1. The molecule has 1 saturated carbocycles. The minimum atomic E-state index is 0. The fraction of sp³-hybridized carbons (Fsp3) is 0.588. The first-order valence-corrected chi connectivity index (χ1v) is 7.76. The molecule has 2 N–H and O–H groups in total. The van der Waals surface area contributed by atoms with Crippen LogP contribution in [0, 0.1) is 12.8 Å². The molecular weight excluding hydrogens is 387 g/mol. The van der Waals surface area contributed by atoms with Crippen LogP contribution >= 0.6 is 24.0 Å². The van der Waals surface area contributed by atoms with Crippen LogP contribution in [0.4, 0.5) is 0 Å². The number of guanidine groups is 1. The Morgan fingerprint density at radius 3 is 2.36 bits per heavy atom. The van der Waals surface area contributed by atoms with Crippen LogP contribution in [-0.2, 0) is 6.54 Å². The topological polar surface area (TPSA) is 39.7 Å². The highest BCUT2D eigenvalue weighted by molar-refractivity contribution is 14.0. The molecular formula is C17H29IN4. The highest BCUT2D eigenvalue weighted by atomic mass is 127. The molecule has 124 valence electrons. The van der Waals surface area contributed by atoms with Crippen LogP contribution in [0.15, 0.2) is 29.3 Å². The van der Waals surface area contributed by atoms with Crippen molar-refractivity contribution in [3.63, 3.8) is 0 Å². The van der Waals surface area contributed by atoms with E-state index >= 15 is 0 Å². The van der Waals surface area contributed by atoms with E-state index in [2.05, 4.69) is 65.8 Å². The Labute approximate surface area is 151 Å². The molecule has 1 fully saturated rings. The summed E-state index contributed by atoms with van der Waals surface area (Å²) in [6, 6.07) is 9.19. The second kappa shape index (κ2) is 9.35. The van der Waals surface area contributed by atoms with Gasteiger partial charge in [0.1, 0.15) is 0 Å². The lowest BCUT2D eigenvalue weighted by Crippen LogP contribution is -2.45. The monoisotopic (exact) mass is 416 g/mol. The average Bonchev–Trinajstić information content (AvgIpc) is 3.28. The van der Waals surface area contributed by atoms with E-state index in [9.17, 15) is 0 Å². The van der Waals surface area contributed by atoms with Crippen LogP contribution < -0.4 is 10.6 Å². The van der Waals surface area contributed by atoms with E-state index in [4.69, 9.17) is 0 Å². The number of hydrogen-bond donors (Lipinski definition) is 2. The van der Waals surface area contributed by atoms with Gasteiger partial charge in [-0.25, -0.2) is 0 Å². The number of likely N-dealkylation sites (N-methyl/N-ethyl adjacent to an activating group) is 1. The predicted molar refractivity (Wildman–Crippen MR) is 105 cm³/mol. The maximum absolute atomic E-state index is 4.31. The molecule has 0 heterocycles. The van der Waals surface area contributed by atoms with E-state index in [0.717, 1.165) is 25.0 Å². The Hall–Kier alpha value is -0.820. The first-order valence-electron chi connectivity index (χ1n) is 7.76. The summed E-state index contributed by atoms with van der Waals surface area (Å²) in [5.74, 6) is 1.73. The van der Waals surface area contributed by atoms with E-state index < -0.39 is 0 Å². The van der Waals surface area contributed by atoms with Crippen molar-refractivity contribution in [3.8, 4) is 0 Å². The zero-order chi connectivity index (χ0) is 15.2. The predicted octanol–water partition coefficient (Wildman–Crippen LogP) is 2.62. The van der Waals surface area contributed by atoms with Crippen LogP contribution in [0.1, 0.15) is 24.0 Å². The Kier molecular flexibility index (Phi) is 8.17. The van der Waals surface area contributed by atoms with Crippen LogP contribution in [0.3, 0.4) is 0 Å². The van der Waals surface area contributed by atoms with E-state index in [0.29, 0.717) is 6.04 Å². The molecule has 1 unspecified atom stereocenters. The minimum absolute atomic E-state index is 0. The third-order valence-electron chi connectivity index (χ3n) is 4.11. The van der Waals surface area contributed by atoms with Crippen molar-refractivity contribution >= 4 is 29.9 Å². The van der Waals surface area contributed by atoms with Crippen LogP contribution in [0.2, 0.25) is 0 Å².